The van der Waals surface area contributed by atoms with Gasteiger partial charge in [0.15, 0.2) is 0 Å². The zero-order chi connectivity index (χ0) is 10.6. The van der Waals surface area contributed by atoms with Gasteiger partial charge < -0.3 is 5.11 Å². The minimum Gasteiger partial charge on any atom is -0.475 e. The van der Waals surface area contributed by atoms with E-state index in [9.17, 15) is 9.59 Å². The van der Waals surface area contributed by atoms with Gasteiger partial charge in [-0.05, 0) is 24.1 Å². The van der Waals surface area contributed by atoms with Gasteiger partial charge >= 0.3 is 5.97 Å². The molecule has 0 fully saturated rings. The topological polar surface area (TPSA) is 54.4 Å². The van der Waals surface area contributed by atoms with Crippen LogP contribution in [-0.4, -0.2) is 16.9 Å². The summed E-state index contributed by atoms with van der Waals surface area (Å²) in [7, 11) is 0. The molecule has 0 amide bonds. The highest BCUT2D eigenvalue weighted by atomic mass is 16.4. The largest absolute Gasteiger partial charge is 0.475 e. The molecule has 0 saturated heterocycles. The molecule has 0 heterocycles. The molecule has 0 spiro atoms. The normalized spacial score (nSPS) is 10.4. The van der Waals surface area contributed by atoms with Crippen LogP contribution in [0.4, 0.5) is 0 Å². The Morgan fingerprint density at radius 1 is 1.29 bits per heavy atom. The highest BCUT2D eigenvalue weighted by molar-refractivity contribution is 6.38. The molecule has 0 bridgehead atoms. The Balaban J connectivity index is 2.84. The Morgan fingerprint density at radius 2 is 1.93 bits per heavy atom. The molecule has 0 aliphatic rings. The molecular weight excluding hydrogens is 180 g/mol. The van der Waals surface area contributed by atoms with E-state index in [1.807, 2.05) is 31.2 Å². The maximum Gasteiger partial charge on any atom is 0.376 e. The van der Waals surface area contributed by atoms with E-state index >= 15 is 0 Å². The van der Waals surface area contributed by atoms with Gasteiger partial charge in [-0.25, -0.2) is 4.79 Å². The fourth-order valence-electron chi connectivity index (χ4n) is 1.01. The maximum atomic E-state index is 10.7. The molecule has 3 heteroatoms. The number of carbonyl (C=O) groups excluding carboxylic acids is 1. The molecule has 0 radical (unpaired) electrons. The van der Waals surface area contributed by atoms with E-state index in [1.165, 1.54) is 6.08 Å². The van der Waals surface area contributed by atoms with Crippen LogP contribution in [0.5, 0.6) is 0 Å². The summed E-state index contributed by atoms with van der Waals surface area (Å²) < 4.78 is 0. The van der Waals surface area contributed by atoms with Crippen LogP contribution in [0.1, 0.15) is 11.1 Å². The fraction of sp³-hybridized carbons (Fsp3) is 0.0909. The van der Waals surface area contributed by atoms with Crippen LogP contribution >= 0.6 is 0 Å². The third-order valence-corrected chi connectivity index (χ3v) is 1.81. The van der Waals surface area contributed by atoms with Crippen LogP contribution in [-0.2, 0) is 9.59 Å². The first-order valence-electron chi connectivity index (χ1n) is 4.12. The monoisotopic (exact) mass is 190 g/mol. The van der Waals surface area contributed by atoms with E-state index in [0.29, 0.717) is 0 Å². The smallest absolute Gasteiger partial charge is 0.376 e. The second-order valence-electron chi connectivity index (χ2n) is 2.86. The van der Waals surface area contributed by atoms with E-state index in [4.69, 9.17) is 5.11 Å². The van der Waals surface area contributed by atoms with Gasteiger partial charge in [-0.15, -0.1) is 0 Å². The van der Waals surface area contributed by atoms with Gasteiger partial charge in [0.05, 0.1) is 0 Å². The van der Waals surface area contributed by atoms with Gasteiger partial charge in [-0.3, -0.25) is 4.79 Å². The number of hydrogen-bond acceptors (Lipinski definition) is 2. The van der Waals surface area contributed by atoms with Crippen molar-refractivity contribution in [2.24, 2.45) is 0 Å². The molecule has 0 aromatic heterocycles. The quantitative estimate of drug-likeness (QED) is 0.582. The average molecular weight is 190 g/mol. The van der Waals surface area contributed by atoms with Gasteiger partial charge in [0, 0.05) is 0 Å². The van der Waals surface area contributed by atoms with E-state index in [2.05, 4.69) is 0 Å². The number of benzene rings is 1. The number of rotatable bonds is 3. The third-order valence-electron chi connectivity index (χ3n) is 1.81. The summed E-state index contributed by atoms with van der Waals surface area (Å²) in [4.78, 5) is 20.9. The van der Waals surface area contributed by atoms with Crippen molar-refractivity contribution in [2.75, 3.05) is 0 Å². The summed E-state index contributed by atoms with van der Waals surface area (Å²) in [6.07, 6.45) is 2.57. The van der Waals surface area contributed by atoms with Gasteiger partial charge in [-0.2, -0.15) is 0 Å². The lowest BCUT2D eigenvalue weighted by atomic mass is 10.1. The molecule has 0 unspecified atom stereocenters. The summed E-state index contributed by atoms with van der Waals surface area (Å²) in [5.41, 5.74) is 1.85. The lowest BCUT2D eigenvalue weighted by Gasteiger charge is -1.96. The average Bonchev–Trinajstić information content (AvgIpc) is 2.16. The summed E-state index contributed by atoms with van der Waals surface area (Å²) in [5, 5.41) is 8.33. The van der Waals surface area contributed by atoms with Crippen molar-refractivity contribution in [3.63, 3.8) is 0 Å². The van der Waals surface area contributed by atoms with Crippen molar-refractivity contribution in [1.82, 2.24) is 0 Å². The summed E-state index contributed by atoms with van der Waals surface area (Å²) in [5.74, 6) is -2.34. The molecule has 0 aliphatic heterocycles. The molecule has 0 atom stereocenters. The Morgan fingerprint density at radius 3 is 2.50 bits per heavy atom. The number of hydrogen-bond donors (Lipinski definition) is 1. The van der Waals surface area contributed by atoms with Crippen molar-refractivity contribution < 1.29 is 14.7 Å². The molecule has 1 aromatic carbocycles. The Bertz CT molecular complexity index is 391. The van der Waals surface area contributed by atoms with Crippen LogP contribution in [0.2, 0.25) is 0 Å². The van der Waals surface area contributed by atoms with Gasteiger partial charge in [0.25, 0.3) is 5.78 Å². The zero-order valence-corrected chi connectivity index (χ0v) is 7.73. The molecule has 3 nitrogen and oxygen atoms in total. The van der Waals surface area contributed by atoms with E-state index < -0.39 is 11.8 Å². The maximum absolute atomic E-state index is 10.7. The number of carboxylic acid groups (broad SMARTS) is 1. The van der Waals surface area contributed by atoms with E-state index in [-0.39, 0.29) is 0 Å². The molecule has 1 rings (SSSR count). The zero-order valence-electron chi connectivity index (χ0n) is 7.73. The number of carbonyl (C=O) groups is 2. The van der Waals surface area contributed by atoms with E-state index in [1.54, 1.807) is 0 Å². The summed E-state index contributed by atoms with van der Waals surface area (Å²) in [6, 6.07) is 7.43. The molecule has 14 heavy (non-hydrogen) atoms. The first-order chi connectivity index (χ1) is 6.61. The predicted molar refractivity (Wildman–Crippen MR) is 52.9 cm³/mol. The number of ketones is 1. The van der Waals surface area contributed by atoms with Gasteiger partial charge in [-0.1, -0.05) is 30.3 Å². The predicted octanol–water partition coefficient (Wildman–Crippen LogP) is 1.66. The first-order valence-corrected chi connectivity index (χ1v) is 4.12. The second kappa shape index (κ2) is 4.37. The lowest BCUT2D eigenvalue weighted by molar-refractivity contribution is -0.146. The van der Waals surface area contributed by atoms with Crippen molar-refractivity contribution in [3.05, 3.63) is 41.5 Å². The number of aliphatic carboxylic acids is 1. The van der Waals surface area contributed by atoms with E-state index in [0.717, 1.165) is 17.2 Å². The van der Waals surface area contributed by atoms with Crippen LogP contribution in [0.3, 0.4) is 0 Å². The molecule has 72 valence electrons. The molecule has 1 N–H and O–H groups in total. The highest BCUT2D eigenvalue weighted by Crippen LogP contribution is 2.08. The number of aryl methyl sites for hydroxylation is 1. The number of carboxylic acids is 1. The van der Waals surface area contributed by atoms with Gasteiger partial charge in [0.1, 0.15) is 0 Å². The summed E-state index contributed by atoms with van der Waals surface area (Å²) in [6.45, 7) is 1.89. The summed E-state index contributed by atoms with van der Waals surface area (Å²) >= 11 is 0. The molecule has 1 aromatic rings. The van der Waals surface area contributed by atoms with Crippen LogP contribution < -0.4 is 0 Å². The van der Waals surface area contributed by atoms with Gasteiger partial charge in [0.2, 0.25) is 0 Å². The molecule has 0 saturated carbocycles. The third kappa shape index (κ3) is 2.55. The Labute approximate surface area is 81.7 Å². The SMILES string of the molecule is Cc1ccccc1/C=C/C(=O)C(=O)O. The fourth-order valence-corrected chi connectivity index (χ4v) is 1.01. The van der Waals surface area contributed by atoms with Crippen LogP contribution in [0.15, 0.2) is 30.3 Å². The Hall–Kier alpha value is -1.90. The van der Waals surface area contributed by atoms with Crippen LogP contribution in [0, 0.1) is 6.92 Å². The van der Waals surface area contributed by atoms with Crippen molar-refractivity contribution >= 4 is 17.8 Å². The first kappa shape index (κ1) is 10.2. The van der Waals surface area contributed by atoms with Crippen molar-refractivity contribution in [3.8, 4) is 0 Å². The van der Waals surface area contributed by atoms with Crippen LogP contribution in [0.25, 0.3) is 6.08 Å². The minimum atomic E-state index is -1.44. The molecule has 0 aliphatic carbocycles. The highest BCUT2D eigenvalue weighted by Gasteiger charge is 2.05. The minimum absolute atomic E-state index is 0.849. The molecular formula is C11H10O3. The van der Waals surface area contributed by atoms with Crippen molar-refractivity contribution in [2.45, 2.75) is 6.92 Å². The standard InChI is InChI=1S/C11H10O3/c1-8-4-2-3-5-9(8)6-7-10(12)11(13)14/h2-7H,1H3,(H,13,14)/b7-6+. The lowest BCUT2D eigenvalue weighted by Crippen LogP contribution is -2.08. The second-order valence-corrected chi connectivity index (χ2v) is 2.86. The Kier molecular flexibility index (Phi) is 3.18. The van der Waals surface area contributed by atoms with Crippen molar-refractivity contribution in [1.29, 1.82) is 0 Å².